The summed E-state index contributed by atoms with van der Waals surface area (Å²) in [5.41, 5.74) is 0. The Bertz CT molecular complexity index is 388. The molecule has 0 spiro atoms. The van der Waals surface area contributed by atoms with Gasteiger partial charge in [-0.15, -0.1) is 0 Å². The van der Waals surface area contributed by atoms with Gasteiger partial charge in [-0.1, -0.05) is 129 Å². The molecule has 0 N–H and O–H groups in total. The van der Waals surface area contributed by atoms with Crippen molar-refractivity contribution < 1.29 is 16.8 Å². The van der Waals surface area contributed by atoms with Crippen LogP contribution in [-0.4, -0.2) is 80.7 Å². The van der Waals surface area contributed by atoms with Gasteiger partial charge in [0, 0.05) is 59.1 Å². The molecule has 178 valence electrons. The van der Waals surface area contributed by atoms with Crippen LogP contribution in [0.15, 0.2) is 0 Å². The summed E-state index contributed by atoms with van der Waals surface area (Å²) < 4.78 is 33.3. The average Bonchev–Trinajstić information content (AvgIpc) is 2.70. The van der Waals surface area contributed by atoms with Crippen molar-refractivity contribution in [1.82, 2.24) is 0 Å². The number of hydrogen-bond donors (Lipinski definition) is 0. The maximum Gasteiger partial charge on any atom is 0.399 e. The molecule has 0 amide bonds. The van der Waals surface area contributed by atoms with E-state index in [0.29, 0.717) is 0 Å². The third-order valence-corrected chi connectivity index (χ3v) is 6.36. The van der Waals surface area contributed by atoms with Crippen molar-refractivity contribution in [2.24, 2.45) is 0 Å². The van der Waals surface area contributed by atoms with Gasteiger partial charge in [-0.05, 0) is 12.8 Å². The molecule has 31 heavy (non-hydrogen) atoms. The fraction of sp³-hybridized carbons (Fsp3) is 1.00. The van der Waals surface area contributed by atoms with Gasteiger partial charge < -0.3 is 0 Å². The molecule has 0 aromatic carbocycles. The first kappa shape index (κ1) is 37.4. The monoisotopic (exact) mass is 480 g/mol. The van der Waals surface area contributed by atoms with Gasteiger partial charge in [0.1, 0.15) is 0 Å². The maximum absolute atomic E-state index is 11.7. The van der Waals surface area contributed by atoms with Crippen LogP contribution in [0.2, 0.25) is 0 Å². The van der Waals surface area contributed by atoms with Gasteiger partial charge in [-0.3, -0.25) is 0 Å². The minimum atomic E-state index is -3.80. The van der Waals surface area contributed by atoms with E-state index >= 15 is 0 Å². The molecule has 0 saturated heterocycles. The summed E-state index contributed by atoms with van der Waals surface area (Å²) in [6, 6.07) is 0. The van der Waals surface area contributed by atoms with Crippen LogP contribution in [0.25, 0.3) is 0 Å². The fourth-order valence-corrected chi connectivity index (χ4v) is 4.25. The van der Waals surface area contributed by atoms with E-state index in [-0.39, 0.29) is 72.3 Å². The van der Waals surface area contributed by atoms with E-state index in [0.717, 1.165) is 38.5 Å². The molecule has 7 heteroatoms. The van der Waals surface area contributed by atoms with E-state index in [1.165, 1.54) is 89.9 Å². The second-order valence-electron chi connectivity index (χ2n) is 8.42. The van der Waals surface area contributed by atoms with Crippen LogP contribution >= 0.6 is 0 Å². The van der Waals surface area contributed by atoms with Crippen LogP contribution in [0, 0.1) is 0 Å². The van der Waals surface area contributed by atoms with E-state index in [1.807, 2.05) is 0 Å². The third-order valence-electron chi connectivity index (χ3n) is 5.45. The summed E-state index contributed by atoms with van der Waals surface area (Å²) in [7, 11) is -3.80. The quantitative estimate of drug-likeness (QED) is 0.107. The second kappa shape index (κ2) is 29.9. The van der Waals surface area contributed by atoms with Crippen molar-refractivity contribution >= 4 is 69.5 Å². The molecular weight excluding hydrogens is 430 g/mol. The Hall–Kier alpha value is 1.87. The Morgan fingerprint density at radius 3 is 0.903 bits per heavy atom. The molecule has 0 heterocycles. The van der Waals surface area contributed by atoms with Crippen LogP contribution in [0.4, 0.5) is 0 Å². The molecule has 0 rings (SSSR count). The standard InChI is InChI=1S/C24H50O4S.2Na/c1-3-5-7-9-11-13-15-17-19-21-23-27-29(25,26)28-24-22-20-18-16-14-12-10-8-6-4-2;;/h3-24H2,1-2H3;;. The molecule has 0 unspecified atom stereocenters. The molecule has 0 atom stereocenters. The number of hydrogen-bond acceptors (Lipinski definition) is 4. The van der Waals surface area contributed by atoms with Crippen molar-refractivity contribution in [2.75, 3.05) is 13.2 Å². The van der Waals surface area contributed by atoms with Gasteiger partial charge in [0.15, 0.2) is 0 Å². The fourth-order valence-electron chi connectivity index (χ4n) is 3.53. The zero-order valence-corrected chi connectivity index (χ0v) is 26.4. The molecule has 0 aliphatic carbocycles. The minimum absolute atomic E-state index is 0. The van der Waals surface area contributed by atoms with Crippen molar-refractivity contribution in [3.63, 3.8) is 0 Å². The van der Waals surface area contributed by atoms with Gasteiger partial charge in [0.05, 0.1) is 13.2 Å². The van der Waals surface area contributed by atoms with Crippen molar-refractivity contribution in [1.29, 1.82) is 0 Å². The van der Waals surface area contributed by atoms with Crippen LogP contribution in [0.3, 0.4) is 0 Å². The first-order chi connectivity index (χ1) is 14.1. The van der Waals surface area contributed by atoms with E-state index in [2.05, 4.69) is 13.8 Å². The number of unbranched alkanes of at least 4 members (excludes halogenated alkanes) is 18. The second-order valence-corrected chi connectivity index (χ2v) is 9.70. The minimum Gasteiger partial charge on any atom is -0.248 e. The first-order valence-electron chi connectivity index (χ1n) is 12.7. The third kappa shape index (κ3) is 31.9. The first-order valence-corrected chi connectivity index (χ1v) is 14.0. The van der Waals surface area contributed by atoms with Gasteiger partial charge in [-0.25, -0.2) is 8.37 Å². The van der Waals surface area contributed by atoms with Crippen LogP contribution < -0.4 is 0 Å². The topological polar surface area (TPSA) is 52.6 Å². The van der Waals surface area contributed by atoms with Gasteiger partial charge in [-0.2, -0.15) is 8.42 Å². The van der Waals surface area contributed by atoms with Gasteiger partial charge >= 0.3 is 10.4 Å². The van der Waals surface area contributed by atoms with Gasteiger partial charge in [0.25, 0.3) is 0 Å². The molecule has 0 aliphatic rings. The van der Waals surface area contributed by atoms with E-state index in [4.69, 9.17) is 8.37 Å². The molecule has 0 aliphatic heterocycles. The zero-order chi connectivity index (χ0) is 21.5. The molecular formula is C24H50Na2O4S. The van der Waals surface area contributed by atoms with Crippen molar-refractivity contribution in [3.05, 3.63) is 0 Å². The Labute approximate surface area is 239 Å². The van der Waals surface area contributed by atoms with Crippen molar-refractivity contribution in [3.8, 4) is 0 Å². The van der Waals surface area contributed by atoms with Crippen LogP contribution in [0.5, 0.6) is 0 Å². The Morgan fingerprint density at radius 2 is 0.645 bits per heavy atom. The summed E-state index contributed by atoms with van der Waals surface area (Å²) >= 11 is 0. The zero-order valence-electron chi connectivity index (χ0n) is 21.6. The molecule has 0 aromatic rings. The predicted molar refractivity (Wildman–Crippen MR) is 136 cm³/mol. The molecule has 0 aromatic heterocycles. The van der Waals surface area contributed by atoms with Gasteiger partial charge in [0.2, 0.25) is 0 Å². The number of rotatable bonds is 24. The van der Waals surface area contributed by atoms with E-state index in [1.54, 1.807) is 0 Å². The normalized spacial score (nSPS) is 11.2. The Balaban J connectivity index is -0.00000392. The predicted octanol–water partition coefficient (Wildman–Crippen LogP) is 7.34. The van der Waals surface area contributed by atoms with Crippen molar-refractivity contribution in [2.45, 2.75) is 142 Å². The van der Waals surface area contributed by atoms with Crippen LogP contribution in [-0.2, 0) is 18.8 Å². The Morgan fingerprint density at radius 1 is 0.419 bits per heavy atom. The smallest absolute Gasteiger partial charge is 0.248 e. The molecule has 0 saturated carbocycles. The summed E-state index contributed by atoms with van der Waals surface area (Å²) in [5, 5.41) is 0. The Kier molecular flexibility index (Phi) is 36.1. The summed E-state index contributed by atoms with van der Waals surface area (Å²) in [6.45, 7) is 4.98. The summed E-state index contributed by atoms with van der Waals surface area (Å²) in [6.07, 6.45) is 24.4. The summed E-state index contributed by atoms with van der Waals surface area (Å²) in [4.78, 5) is 0. The molecule has 0 fully saturated rings. The van der Waals surface area contributed by atoms with E-state index in [9.17, 15) is 8.42 Å². The SMILES string of the molecule is CCCCCCCCCCCCOS(=O)(=O)OCCCCCCCCCCCC.[Na].[Na]. The molecule has 0 bridgehead atoms. The average molecular weight is 481 g/mol. The summed E-state index contributed by atoms with van der Waals surface area (Å²) in [5.74, 6) is 0. The maximum atomic E-state index is 11.7. The largest absolute Gasteiger partial charge is 0.399 e. The molecule has 2 radical (unpaired) electrons. The van der Waals surface area contributed by atoms with E-state index < -0.39 is 10.4 Å². The van der Waals surface area contributed by atoms with Crippen LogP contribution in [0.1, 0.15) is 142 Å². The molecule has 4 nitrogen and oxygen atoms in total.